The smallest absolute Gasteiger partial charge is 0.319 e. The molecule has 1 rings (SSSR count). The normalized spacial score (nSPS) is 13.7. The molecule has 0 saturated carbocycles. The van der Waals surface area contributed by atoms with Crippen molar-refractivity contribution in [3.05, 3.63) is 24.3 Å². The monoisotopic (exact) mass is 280 g/mol. The molecule has 0 radical (unpaired) electrons. The number of carbonyl (C=O) groups is 1. The number of hydrogen-bond donors (Lipinski definition) is 3. The Morgan fingerprint density at radius 1 is 1.40 bits per heavy atom. The van der Waals surface area contributed by atoms with Gasteiger partial charge in [-0.3, -0.25) is 0 Å². The number of aliphatic hydroxyl groups is 1. The molecule has 1 atom stereocenters. The first-order valence-corrected chi connectivity index (χ1v) is 6.86. The fraction of sp³-hybridized carbons (Fsp3) is 0.533. The summed E-state index contributed by atoms with van der Waals surface area (Å²) in [5.41, 5.74) is -0.326. The van der Waals surface area contributed by atoms with E-state index in [0.29, 0.717) is 18.0 Å². The van der Waals surface area contributed by atoms with Crippen molar-refractivity contribution in [2.45, 2.75) is 33.3 Å². The second-order valence-corrected chi connectivity index (χ2v) is 5.25. The van der Waals surface area contributed by atoms with Gasteiger partial charge in [-0.15, -0.1) is 0 Å². The Labute approximate surface area is 120 Å². The van der Waals surface area contributed by atoms with Gasteiger partial charge in [-0.25, -0.2) is 4.79 Å². The molecule has 1 aromatic carbocycles. The van der Waals surface area contributed by atoms with Crippen LogP contribution in [0.3, 0.4) is 0 Å². The summed E-state index contributed by atoms with van der Waals surface area (Å²) in [6.07, 6.45) is 0. The maximum absolute atomic E-state index is 11.8. The third-order valence-electron chi connectivity index (χ3n) is 3.29. The van der Waals surface area contributed by atoms with E-state index in [1.54, 1.807) is 19.1 Å². The Morgan fingerprint density at radius 3 is 2.65 bits per heavy atom. The molecule has 0 bridgehead atoms. The number of hydrogen-bond acceptors (Lipinski definition) is 3. The van der Waals surface area contributed by atoms with E-state index in [1.165, 1.54) is 0 Å². The van der Waals surface area contributed by atoms with Crippen LogP contribution in [0.15, 0.2) is 24.3 Å². The van der Waals surface area contributed by atoms with Crippen LogP contribution in [0.25, 0.3) is 0 Å². The van der Waals surface area contributed by atoms with Crippen LogP contribution in [0.5, 0.6) is 5.75 Å². The first-order chi connectivity index (χ1) is 9.36. The zero-order valence-corrected chi connectivity index (χ0v) is 12.6. The second kappa shape index (κ2) is 7.14. The molecule has 0 heterocycles. The molecule has 2 amide bonds. The molecule has 112 valence electrons. The van der Waals surface area contributed by atoms with Gasteiger partial charge in [0.1, 0.15) is 5.75 Å². The highest BCUT2D eigenvalue weighted by atomic mass is 16.5. The van der Waals surface area contributed by atoms with Crippen molar-refractivity contribution in [3.8, 4) is 5.75 Å². The summed E-state index contributed by atoms with van der Waals surface area (Å²) >= 11 is 0. The Hall–Kier alpha value is -1.75. The highest BCUT2D eigenvalue weighted by Crippen LogP contribution is 2.23. The van der Waals surface area contributed by atoms with Gasteiger partial charge in [-0.1, -0.05) is 26.0 Å². The minimum Gasteiger partial charge on any atom is -0.492 e. The molecule has 0 saturated heterocycles. The summed E-state index contributed by atoms with van der Waals surface area (Å²) in [6.45, 7) is 8.12. The van der Waals surface area contributed by atoms with Crippen LogP contribution in [-0.2, 0) is 0 Å². The molecule has 0 aliphatic heterocycles. The Balaban J connectivity index is 2.59. The fourth-order valence-electron chi connectivity index (χ4n) is 1.48. The number of amides is 2. The van der Waals surface area contributed by atoms with Crippen LogP contribution in [0, 0.1) is 5.92 Å². The van der Waals surface area contributed by atoms with E-state index in [2.05, 4.69) is 10.6 Å². The van der Waals surface area contributed by atoms with Crippen LogP contribution in [0.4, 0.5) is 10.5 Å². The Morgan fingerprint density at radius 2 is 2.05 bits per heavy atom. The molecule has 3 N–H and O–H groups in total. The lowest BCUT2D eigenvalue weighted by Gasteiger charge is -2.27. The van der Waals surface area contributed by atoms with E-state index in [1.807, 2.05) is 32.9 Å². The lowest BCUT2D eigenvalue weighted by Crippen LogP contribution is -2.45. The molecule has 20 heavy (non-hydrogen) atoms. The third kappa shape index (κ3) is 4.74. The predicted octanol–water partition coefficient (Wildman–Crippen LogP) is 2.61. The fourth-order valence-corrected chi connectivity index (χ4v) is 1.48. The molecule has 5 heteroatoms. The van der Waals surface area contributed by atoms with Crippen molar-refractivity contribution < 1.29 is 14.6 Å². The lowest BCUT2D eigenvalue weighted by molar-refractivity contribution is 0.0170. The van der Waals surface area contributed by atoms with Gasteiger partial charge in [0.05, 0.1) is 17.9 Å². The summed E-state index contributed by atoms with van der Waals surface area (Å²) in [5.74, 6) is 0.680. The largest absolute Gasteiger partial charge is 0.492 e. The summed E-state index contributed by atoms with van der Waals surface area (Å²) in [6, 6.07) is 6.87. The number of nitrogens with one attached hydrogen (secondary N) is 2. The topological polar surface area (TPSA) is 70.6 Å². The molecule has 0 spiro atoms. The Kier molecular flexibility index (Phi) is 5.82. The predicted molar refractivity (Wildman–Crippen MR) is 80.1 cm³/mol. The highest BCUT2D eigenvalue weighted by Gasteiger charge is 2.25. The first-order valence-electron chi connectivity index (χ1n) is 6.86. The van der Waals surface area contributed by atoms with Gasteiger partial charge < -0.3 is 20.5 Å². The number of benzene rings is 1. The van der Waals surface area contributed by atoms with Crippen molar-refractivity contribution in [3.63, 3.8) is 0 Å². The van der Waals surface area contributed by atoms with Crippen LogP contribution in [0.2, 0.25) is 0 Å². The SMILES string of the molecule is CCOc1ccccc1NC(=O)NCC(C)(O)C(C)C. The minimum atomic E-state index is -0.934. The molecule has 0 aliphatic rings. The van der Waals surface area contributed by atoms with E-state index >= 15 is 0 Å². The molecule has 0 aliphatic carbocycles. The number of rotatable bonds is 6. The zero-order valence-electron chi connectivity index (χ0n) is 12.6. The van der Waals surface area contributed by atoms with Crippen LogP contribution >= 0.6 is 0 Å². The second-order valence-electron chi connectivity index (χ2n) is 5.25. The number of carbonyl (C=O) groups excluding carboxylic acids is 1. The number of anilines is 1. The van der Waals surface area contributed by atoms with Crippen LogP contribution in [-0.4, -0.2) is 29.9 Å². The molecule has 5 nitrogen and oxygen atoms in total. The van der Waals surface area contributed by atoms with Gasteiger partial charge in [-0.2, -0.15) is 0 Å². The van der Waals surface area contributed by atoms with Crippen LogP contribution in [0.1, 0.15) is 27.7 Å². The number of urea groups is 1. The van der Waals surface area contributed by atoms with E-state index in [4.69, 9.17) is 4.74 Å². The maximum Gasteiger partial charge on any atom is 0.319 e. The summed E-state index contributed by atoms with van der Waals surface area (Å²) in [4.78, 5) is 11.8. The van der Waals surface area contributed by atoms with E-state index in [-0.39, 0.29) is 18.5 Å². The summed E-state index contributed by atoms with van der Waals surface area (Å²) in [7, 11) is 0. The first kappa shape index (κ1) is 16.3. The average molecular weight is 280 g/mol. The van der Waals surface area contributed by atoms with Crippen molar-refractivity contribution >= 4 is 11.7 Å². The summed E-state index contributed by atoms with van der Waals surface area (Å²) < 4.78 is 5.43. The van der Waals surface area contributed by atoms with Gasteiger partial charge >= 0.3 is 6.03 Å². The van der Waals surface area contributed by atoms with Gasteiger partial charge in [0, 0.05) is 6.54 Å². The molecule has 0 fully saturated rings. The van der Waals surface area contributed by atoms with E-state index in [0.717, 1.165) is 0 Å². The number of ether oxygens (including phenoxy) is 1. The van der Waals surface area contributed by atoms with Crippen molar-refractivity contribution in [1.82, 2.24) is 5.32 Å². The van der Waals surface area contributed by atoms with E-state index in [9.17, 15) is 9.90 Å². The van der Waals surface area contributed by atoms with Crippen molar-refractivity contribution in [1.29, 1.82) is 0 Å². The Bertz CT molecular complexity index is 444. The minimum absolute atomic E-state index is 0.0542. The quantitative estimate of drug-likeness (QED) is 0.750. The highest BCUT2D eigenvalue weighted by molar-refractivity contribution is 5.90. The van der Waals surface area contributed by atoms with Gasteiger partial charge in [0.2, 0.25) is 0 Å². The van der Waals surface area contributed by atoms with Crippen molar-refractivity contribution in [2.75, 3.05) is 18.5 Å². The molecule has 1 unspecified atom stereocenters. The summed E-state index contributed by atoms with van der Waals surface area (Å²) in [5, 5.41) is 15.5. The lowest BCUT2D eigenvalue weighted by atomic mass is 9.93. The van der Waals surface area contributed by atoms with Gasteiger partial charge in [-0.05, 0) is 31.9 Å². The van der Waals surface area contributed by atoms with Crippen molar-refractivity contribution in [2.24, 2.45) is 5.92 Å². The third-order valence-corrected chi connectivity index (χ3v) is 3.29. The molecule has 0 aromatic heterocycles. The maximum atomic E-state index is 11.8. The molecular weight excluding hydrogens is 256 g/mol. The van der Waals surface area contributed by atoms with Crippen LogP contribution < -0.4 is 15.4 Å². The molecular formula is C15H24N2O3. The zero-order chi connectivity index (χ0) is 15.2. The standard InChI is InChI=1S/C15H24N2O3/c1-5-20-13-9-7-6-8-12(13)17-14(18)16-10-15(4,19)11(2)3/h6-9,11,19H,5,10H2,1-4H3,(H2,16,17,18). The number of para-hydroxylation sites is 2. The van der Waals surface area contributed by atoms with Gasteiger partial charge in [0.15, 0.2) is 0 Å². The van der Waals surface area contributed by atoms with E-state index < -0.39 is 5.60 Å². The average Bonchev–Trinajstić information content (AvgIpc) is 2.39. The molecule has 1 aromatic rings. The van der Waals surface area contributed by atoms with Gasteiger partial charge in [0.25, 0.3) is 0 Å².